The number of ether oxygens (including phenoxy) is 3. The highest BCUT2D eigenvalue weighted by Gasteiger charge is 2.20. The summed E-state index contributed by atoms with van der Waals surface area (Å²) in [5.74, 6) is -0.819. The molecule has 82 heavy (non-hydrogen) atoms. The molecule has 6 nitrogen and oxygen atoms in total. The van der Waals surface area contributed by atoms with Crippen LogP contribution in [-0.2, 0) is 28.6 Å². The minimum absolute atomic E-state index is 0.0602. The van der Waals surface area contributed by atoms with Crippen LogP contribution in [0.5, 0.6) is 0 Å². The molecule has 0 aliphatic carbocycles. The van der Waals surface area contributed by atoms with Crippen LogP contribution in [0.3, 0.4) is 0 Å². The third-order valence-electron chi connectivity index (χ3n) is 17.9. The Balaban J connectivity index is 4.04. The number of hydrogen-bond acceptors (Lipinski definition) is 6. The lowest BCUT2D eigenvalue weighted by molar-refractivity contribution is -0.167. The monoisotopic (exact) mass is 1160 g/mol. The van der Waals surface area contributed by atoms with Gasteiger partial charge in [0.2, 0.25) is 0 Å². The van der Waals surface area contributed by atoms with Gasteiger partial charge in [0, 0.05) is 19.3 Å². The second-order valence-electron chi connectivity index (χ2n) is 26.3. The van der Waals surface area contributed by atoms with Crippen molar-refractivity contribution in [2.75, 3.05) is 13.2 Å². The van der Waals surface area contributed by atoms with E-state index in [2.05, 4.69) is 20.8 Å². The number of esters is 3. The van der Waals surface area contributed by atoms with Gasteiger partial charge in [-0.05, 0) is 19.3 Å². The van der Waals surface area contributed by atoms with E-state index in [1.165, 1.54) is 353 Å². The standard InChI is InChI=1S/C76H148O6/c1-4-7-10-13-16-19-22-25-28-29-30-31-32-33-34-35-36-37-38-39-40-41-42-43-44-45-46-49-51-54-57-60-63-66-69-75(78)81-72-73(82-76(79)70-67-64-61-58-55-52-48-27-24-21-18-15-12-9-6-3)71-80-74(77)68-65-62-59-56-53-50-47-26-23-20-17-14-11-8-5-2/h73H,4-72H2,1-3H3. The van der Waals surface area contributed by atoms with Crippen molar-refractivity contribution in [3.8, 4) is 0 Å². The van der Waals surface area contributed by atoms with Crippen molar-refractivity contribution in [1.82, 2.24) is 0 Å². The Bertz CT molecular complexity index is 1240. The first kappa shape index (κ1) is 80.4. The van der Waals surface area contributed by atoms with E-state index >= 15 is 0 Å². The van der Waals surface area contributed by atoms with Crippen LogP contribution in [0.25, 0.3) is 0 Å². The molecule has 0 fully saturated rings. The van der Waals surface area contributed by atoms with Gasteiger partial charge in [-0.25, -0.2) is 0 Å². The molecular weight excluding hydrogens is 1010 g/mol. The molecule has 0 radical (unpaired) electrons. The molecule has 0 aliphatic heterocycles. The van der Waals surface area contributed by atoms with Crippen LogP contribution in [0.2, 0.25) is 0 Å². The fraction of sp³-hybridized carbons (Fsp3) is 0.961. The molecule has 0 aromatic heterocycles. The Hall–Kier alpha value is -1.59. The zero-order chi connectivity index (χ0) is 59.2. The predicted molar refractivity (Wildman–Crippen MR) is 358 cm³/mol. The largest absolute Gasteiger partial charge is 0.462 e. The van der Waals surface area contributed by atoms with E-state index in [9.17, 15) is 14.4 Å². The number of carbonyl (C=O) groups excluding carboxylic acids is 3. The van der Waals surface area contributed by atoms with Crippen molar-refractivity contribution < 1.29 is 28.6 Å². The maximum atomic E-state index is 12.9. The molecule has 0 saturated heterocycles. The van der Waals surface area contributed by atoms with Crippen LogP contribution >= 0.6 is 0 Å². The quantitative estimate of drug-likeness (QED) is 0.0343. The van der Waals surface area contributed by atoms with E-state index in [4.69, 9.17) is 14.2 Å². The summed E-state index contributed by atoms with van der Waals surface area (Å²) in [4.78, 5) is 38.4. The molecular formula is C76H148O6. The van der Waals surface area contributed by atoms with Crippen molar-refractivity contribution >= 4 is 17.9 Å². The minimum Gasteiger partial charge on any atom is -0.462 e. The third-order valence-corrected chi connectivity index (χ3v) is 17.9. The fourth-order valence-electron chi connectivity index (χ4n) is 12.2. The highest BCUT2D eigenvalue weighted by Crippen LogP contribution is 2.20. The molecule has 0 aromatic rings. The van der Waals surface area contributed by atoms with Gasteiger partial charge >= 0.3 is 17.9 Å². The smallest absolute Gasteiger partial charge is 0.306 e. The first-order valence-corrected chi connectivity index (χ1v) is 38.0. The average Bonchev–Trinajstić information content (AvgIpc) is 3.47. The van der Waals surface area contributed by atoms with Crippen LogP contribution in [0.1, 0.15) is 451 Å². The lowest BCUT2D eigenvalue weighted by Crippen LogP contribution is -2.30. The topological polar surface area (TPSA) is 78.9 Å². The molecule has 1 unspecified atom stereocenters. The van der Waals surface area contributed by atoms with Crippen LogP contribution in [0.4, 0.5) is 0 Å². The van der Waals surface area contributed by atoms with Gasteiger partial charge in [-0.3, -0.25) is 14.4 Å². The van der Waals surface area contributed by atoms with Crippen LogP contribution < -0.4 is 0 Å². The SMILES string of the molecule is CCCCCCCCCCCCCCCCCCCCCCCCCCCCCCCCCCCCC(=O)OCC(COC(=O)CCCCCCCCCCCCCCCCC)OC(=O)CCCCCCCCCCCCCCCCC. The van der Waals surface area contributed by atoms with Gasteiger partial charge in [0.15, 0.2) is 6.10 Å². The van der Waals surface area contributed by atoms with E-state index in [0.29, 0.717) is 19.3 Å². The van der Waals surface area contributed by atoms with Crippen molar-refractivity contribution in [3.63, 3.8) is 0 Å². The van der Waals surface area contributed by atoms with Crippen LogP contribution in [0.15, 0.2) is 0 Å². The highest BCUT2D eigenvalue weighted by molar-refractivity contribution is 5.71. The Labute approximate surface area is 514 Å². The van der Waals surface area contributed by atoms with E-state index in [-0.39, 0.29) is 31.1 Å². The van der Waals surface area contributed by atoms with E-state index < -0.39 is 6.10 Å². The summed E-state index contributed by atoms with van der Waals surface area (Å²) in [6.45, 7) is 6.74. The van der Waals surface area contributed by atoms with Crippen molar-refractivity contribution in [1.29, 1.82) is 0 Å². The van der Waals surface area contributed by atoms with E-state index in [1.807, 2.05) is 0 Å². The third kappa shape index (κ3) is 69.2. The van der Waals surface area contributed by atoms with Gasteiger partial charge in [-0.2, -0.15) is 0 Å². The molecule has 0 bridgehead atoms. The molecule has 0 heterocycles. The van der Waals surface area contributed by atoms with Gasteiger partial charge in [-0.15, -0.1) is 0 Å². The van der Waals surface area contributed by atoms with Gasteiger partial charge in [0.05, 0.1) is 0 Å². The lowest BCUT2D eigenvalue weighted by Gasteiger charge is -2.18. The second kappa shape index (κ2) is 71.9. The van der Waals surface area contributed by atoms with Crippen molar-refractivity contribution in [3.05, 3.63) is 0 Å². The Morgan fingerprint density at radius 2 is 0.329 bits per heavy atom. The van der Waals surface area contributed by atoms with Gasteiger partial charge < -0.3 is 14.2 Å². The molecule has 0 aliphatic rings. The minimum atomic E-state index is -0.763. The lowest BCUT2D eigenvalue weighted by atomic mass is 10.0. The Morgan fingerprint density at radius 1 is 0.195 bits per heavy atom. The van der Waals surface area contributed by atoms with E-state index in [0.717, 1.165) is 57.8 Å². The molecule has 6 heteroatoms. The average molecular weight is 1160 g/mol. The number of rotatable bonds is 72. The maximum absolute atomic E-state index is 12.9. The molecule has 0 N–H and O–H groups in total. The number of unbranched alkanes of at least 4 members (excludes halogenated alkanes) is 61. The fourth-order valence-corrected chi connectivity index (χ4v) is 12.2. The summed E-state index contributed by atoms with van der Waals surface area (Å²) in [7, 11) is 0. The Kier molecular flexibility index (Phi) is 70.5. The molecule has 0 saturated carbocycles. The predicted octanol–water partition coefficient (Wildman–Crippen LogP) is 26.2. The van der Waals surface area contributed by atoms with Crippen molar-refractivity contribution in [2.24, 2.45) is 0 Å². The summed E-state index contributed by atoms with van der Waals surface area (Å²) in [6, 6.07) is 0. The number of carbonyl (C=O) groups is 3. The highest BCUT2D eigenvalue weighted by atomic mass is 16.6. The maximum Gasteiger partial charge on any atom is 0.306 e. The van der Waals surface area contributed by atoms with Gasteiger partial charge in [0.25, 0.3) is 0 Å². The summed E-state index contributed by atoms with van der Waals surface area (Å²) in [6.07, 6.45) is 86.0. The zero-order valence-electron chi connectivity index (χ0n) is 56.3. The summed E-state index contributed by atoms with van der Waals surface area (Å²) in [5, 5.41) is 0. The molecule has 0 aromatic carbocycles. The second-order valence-corrected chi connectivity index (χ2v) is 26.3. The number of hydrogen-bond donors (Lipinski definition) is 0. The van der Waals surface area contributed by atoms with E-state index in [1.54, 1.807) is 0 Å². The normalized spacial score (nSPS) is 11.9. The first-order valence-electron chi connectivity index (χ1n) is 38.0. The molecule has 1 atom stereocenters. The van der Waals surface area contributed by atoms with Crippen LogP contribution in [0, 0.1) is 0 Å². The molecule has 0 amide bonds. The molecule has 0 rings (SSSR count). The van der Waals surface area contributed by atoms with Gasteiger partial charge in [-0.1, -0.05) is 412 Å². The van der Waals surface area contributed by atoms with Crippen LogP contribution in [-0.4, -0.2) is 37.2 Å². The first-order chi connectivity index (χ1) is 40.5. The summed E-state index contributed by atoms with van der Waals surface area (Å²) < 4.78 is 17.0. The summed E-state index contributed by atoms with van der Waals surface area (Å²) in [5.41, 5.74) is 0. The Morgan fingerprint density at radius 3 is 0.488 bits per heavy atom. The molecule has 0 spiro atoms. The summed E-state index contributed by atoms with van der Waals surface area (Å²) >= 11 is 0. The molecule has 488 valence electrons. The van der Waals surface area contributed by atoms with Crippen molar-refractivity contribution in [2.45, 2.75) is 457 Å². The zero-order valence-corrected chi connectivity index (χ0v) is 56.3. The van der Waals surface area contributed by atoms with Gasteiger partial charge in [0.1, 0.15) is 13.2 Å².